The first kappa shape index (κ1) is 32.2. The Morgan fingerprint density at radius 3 is 2.51 bits per heavy atom. The van der Waals surface area contributed by atoms with E-state index in [0.717, 1.165) is 54.3 Å². The number of nitrogens with zero attached hydrogens (tertiary/aromatic N) is 4. The van der Waals surface area contributed by atoms with Crippen molar-refractivity contribution in [3.63, 3.8) is 0 Å². The smallest absolute Gasteiger partial charge is 0.410 e. The Hall–Kier alpha value is -4.22. The fourth-order valence-electron chi connectivity index (χ4n) is 5.16. The number of rotatable bonds is 11. The lowest BCUT2D eigenvalue weighted by molar-refractivity contribution is -0.145. The highest BCUT2D eigenvalue weighted by molar-refractivity contribution is 7.13. The van der Waals surface area contributed by atoms with Crippen LogP contribution in [0.25, 0.3) is 21.5 Å². The van der Waals surface area contributed by atoms with Crippen LogP contribution in [0.1, 0.15) is 38.4 Å². The number of hydrogen-bond donors (Lipinski definition) is 1. The number of ether oxygens (including phenoxy) is 2. The Kier molecular flexibility index (Phi) is 10.5. The van der Waals surface area contributed by atoms with Crippen molar-refractivity contribution in [1.29, 1.82) is 0 Å². The third-order valence-corrected chi connectivity index (χ3v) is 8.42. The molecule has 1 fully saturated rings. The van der Waals surface area contributed by atoms with E-state index in [-0.39, 0.29) is 31.6 Å². The largest absolute Gasteiger partial charge is 0.460 e. The minimum atomic E-state index is -0.483. The summed E-state index contributed by atoms with van der Waals surface area (Å²) in [7, 11) is 0. The van der Waals surface area contributed by atoms with E-state index in [9.17, 15) is 14.4 Å². The summed E-state index contributed by atoms with van der Waals surface area (Å²) < 4.78 is 13.0. The van der Waals surface area contributed by atoms with Crippen LogP contribution < -0.4 is 5.32 Å². The summed E-state index contributed by atoms with van der Waals surface area (Å²) in [5.74, 6) is -0.762. The second-order valence-electron chi connectivity index (χ2n) is 12.2. The van der Waals surface area contributed by atoms with Gasteiger partial charge in [0, 0.05) is 55.4 Å². The van der Waals surface area contributed by atoms with Crippen molar-refractivity contribution in [3.05, 3.63) is 77.4 Å². The molecule has 11 heteroatoms. The van der Waals surface area contributed by atoms with Crippen LogP contribution in [0.3, 0.4) is 0 Å². The van der Waals surface area contributed by atoms with Gasteiger partial charge in [0.05, 0.1) is 12.1 Å². The molecule has 45 heavy (non-hydrogen) atoms. The van der Waals surface area contributed by atoms with E-state index >= 15 is 0 Å². The van der Waals surface area contributed by atoms with E-state index < -0.39 is 11.6 Å². The summed E-state index contributed by atoms with van der Waals surface area (Å²) in [6.45, 7) is 10.6. The van der Waals surface area contributed by atoms with E-state index in [4.69, 9.17) is 14.5 Å². The zero-order chi connectivity index (χ0) is 31.8. The van der Waals surface area contributed by atoms with Crippen LogP contribution in [0.4, 0.5) is 4.79 Å². The number of aryl methyl sites for hydroxylation is 1. The summed E-state index contributed by atoms with van der Waals surface area (Å²) in [5.41, 5.74) is 3.22. The van der Waals surface area contributed by atoms with Gasteiger partial charge in [0.1, 0.15) is 23.8 Å². The normalized spacial score (nSPS) is 14.0. The predicted molar refractivity (Wildman–Crippen MR) is 175 cm³/mol. The maximum atomic E-state index is 12.4. The van der Waals surface area contributed by atoms with Crippen molar-refractivity contribution in [1.82, 2.24) is 24.7 Å². The topological polar surface area (TPSA) is 106 Å². The third-order valence-electron chi connectivity index (χ3n) is 7.48. The van der Waals surface area contributed by atoms with Crippen LogP contribution in [0.2, 0.25) is 0 Å². The first-order valence-electron chi connectivity index (χ1n) is 15.3. The average molecular weight is 632 g/mol. The van der Waals surface area contributed by atoms with Crippen LogP contribution in [0.5, 0.6) is 0 Å². The van der Waals surface area contributed by atoms with Crippen molar-refractivity contribution in [2.75, 3.05) is 39.3 Å². The molecule has 3 heterocycles. The number of aromatic nitrogens is 2. The van der Waals surface area contributed by atoms with Gasteiger partial charge in [0.15, 0.2) is 0 Å². The van der Waals surface area contributed by atoms with Crippen LogP contribution >= 0.6 is 11.3 Å². The Labute approximate surface area is 267 Å². The molecule has 1 aliphatic heterocycles. The van der Waals surface area contributed by atoms with Gasteiger partial charge >= 0.3 is 12.1 Å². The fourth-order valence-corrected chi connectivity index (χ4v) is 5.98. The van der Waals surface area contributed by atoms with Gasteiger partial charge < -0.3 is 24.3 Å². The molecule has 0 unspecified atom stereocenters. The summed E-state index contributed by atoms with van der Waals surface area (Å²) in [5, 5.41) is 6.52. The van der Waals surface area contributed by atoms with Gasteiger partial charge in [-0.2, -0.15) is 0 Å². The highest BCUT2D eigenvalue weighted by Crippen LogP contribution is 2.28. The number of thiazole rings is 1. The number of benzene rings is 2. The fraction of sp³-hybridized carbons (Fsp3) is 0.412. The molecular formula is C34H41N5O5S. The van der Waals surface area contributed by atoms with Gasteiger partial charge in [0.2, 0.25) is 5.91 Å². The van der Waals surface area contributed by atoms with Crippen molar-refractivity contribution >= 4 is 40.2 Å². The molecule has 0 radical (unpaired) electrons. The van der Waals surface area contributed by atoms with Crippen LogP contribution in [0.15, 0.2) is 66.2 Å². The van der Waals surface area contributed by atoms with Crippen molar-refractivity contribution < 1.29 is 23.9 Å². The van der Waals surface area contributed by atoms with Crippen molar-refractivity contribution in [3.8, 4) is 10.6 Å². The lowest BCUT2D eigenvalue weighted by atomic mass is 10.1. The SMILES string of the molecule is CC(C)(C)OC(=O)N1CCN(CCCn2ccc3ccc(-c4nc(CC(=O)NCC(=O)OCc5ccccc5)cs4)cc32)CC1. The average Bonchev–Trinajstić information content (AvgIpc) is 3.66. The molecule has 0 aliphatic carbocycles. The van der Waals surface area contributed by atoms with Gasteiger partial charge in [-0.15, -0.1) is 11.3 Å². The second-order valence-corrected chi connectivity index (χ2v) is 13.0. The van der Waals surface area contributed by atoms with E-state index in [2.05, 4.69) is 45.2 Å². The summed E-state index contributed by atoms with van der Waals surface area (Å²) in [6, 6.07) is 17.9. The van der Waals surface area contributed by atoms with Gasteiger partial charge in [0.25, 0.3) is 0 Å². The molecule has 2 aromatic heterocycles. The number of piperazine rings is 1. The van der Waals surface area contributed by atoms with Crippen molar-refractivity contribution in [2.24, 2.45) is 0 Å². The Morgan fingerprint density at radius 2 is 1.76 bits per heavy atom. The first-order chi connectivity index (χ1) is 21.6. The highest BCUT2D eigenvalue weighted by atomic mass is 32.1. The molecule has 4 aromatic rings. The molecule has 2 amide bonds. The summed E-state index contributed by atoms with van der Waals surface area (Å²) in [6.07, 6.45) is 2.98. The third kappa shape index (κ3) is 9.39. The Morgan fingerprint density at radius 1 is 0.978 bits per heavy atom. The second kappa shape index (κ2) is 14.7. The Bertz CT molecular complexity index is 1600. The molecule has 10 nitrogen and oxygen atoms in total. The van der Waals surface area contributed by atoms with Crippen LogP contribution in [0, 0.1) is 0 Å². The first-order valence-corrected chi connectivity index (χ1v) is 16.2. The minimum Gasteiger partial charge on any atom is -0.460 e. The molecule has 0 atom stereocenters. The molecule has 0 saturated carbocycles. The van der Waals surface area contributed by atoms with E-state index in [1.54, 1.807) is 4.90 Å². The van der Waals surface area contributed by atoms with Crippen molar-refractivity contribution in [2.45, 2.75) is 52.4 Å². The van der Waals surface area contributed by atoms with Crippen LogP contribution in [-0.4, -0.2) is 82.2 Å². The Balaban J connectivity index is 1.08. The number of esters is 1. The molecule has 1 aliphatic rings. The molecule has 238 valence electrons. The predicted octanol–water partition coefficient (Wildman–Crippen LogP) is 5.11. The maximum Gasteiger partial charge on any atom is 0.410 e. The number of nitrogens with one attached hydrogen (secondary N) is 1. The van der Waals surface area contributed by atoms with Crippen LogP contribution in [-0.2, 0) is 38.6 Å². The molecule has 1 N–H and O–H groups in total. The van der Waals surface area contributed by atoms with Gasteiger partial charge in [-0.3, -0.25) is 14.5 Å². The zero-order valence-electron chi connectivity index (χ0n) is 26.2. The molecule has 1 saturated heterocycles. The highest BCUT2D eigenvalue weighted by Gasteiger charge is 2.25. The lowest BCUT2D eigenvalue weighted by Crippen LogP contribution is -2.50. The number of fused-ring (bicyclic) bond motifs is 1. The summed E-state index contributed by atoms with van der Waals surface area (Å²) in [4.78, 5) is 45.7. The quantitative estimate of drug-likeness (QED) is 0.230. The molecule has 2 aromatic carbocycles. The minimum absolute atomic E-state index is 0.0904. The molecule has 0 bridgehead atoms. The van der Waals surface area contributed by atoms with Gasteiger partial charge in [-0.05, 0) is 56.8 Å². The lowest BCUT2D eigenvalue weighted by Gasteiger charge is -2.35. The summed E-state index contributed by atoms with van der Waals surface area (Å²) >= 11 is 1.50. The standard InChI is InChI=1S/C34H41N5O5S/c1-34(2,3)44-33(42)39-18-16-37(17-19-39)13-7-14-38-15-12-26-10-11-27(20-29(26)38)32-36-28(24-45-32)21-30(40)35-22-31(41)43-23-25-8-5-4-6-9-25/h4-6,8-12,15,20,24H,7,13-14,16-19,21-23H2,1-3H3,(H,35,40). The number of hydrogen-bond acceptors (Lipinski definition) is 8. The molecule has 0 spiro atoms. The monoisotopic (exact) mass is 631 g/mol. The number of amides is 2. The van der Waals surface area contributed by atoms with Gasteiger partial charge in [-0.1, -0.05) is 42.5 Å². The van der Waals surface area contributed by atoms with Gasteiger partial charge in [-0.25, -0.2) is 9.78 Å². The number of carbonyl (C=O) groups is 3. The van der Waals surface area contributed by atoms with E-state index in [0.29, 0.717) is 18.8 Å². The zero-order valence-corrected chi connectivity index (χ0v) is 27.0. The van der Waals surface area contributed by atoms with E-state index in [1.807, 2.05) is 56.5 Å². The van der Waals surface area contributed by atoms with E-state index in [1.165, 1.54) is 16.7 Å². The maximum absolute atomic E-state index is 12.4. The molecular weight excluding hydrogens is 590 g/mol. The number of carbonyl (C=O) groups excluding carboxylic acids is 3. The molecule has 5 rings (SSSR count).